The lowest BCUT2D eigenvalue weighted by molar-refractivity contribution is 0.241. The van der Waals surface area contributed by atoms with Gasteiger partial charge in [0.2, 0.25) is 0 Å². The van der Waals surface area contributed by atoms with Gasteiger partial charge in [0.25, 0.3) is 0 Å². The highest BCUT2D eigenvalue weighted by Crippen LogP contribution is 1.92. The molecule has 0 saturated carbocycles. The summed E-state index contributed by atoms with van der Waals surface area (Å²) in [6.07, 6.45) is 2.52. The highest BCUT2D eigenvalue weighted by Gasteiger charge is 1.93. The third-order valence-electron chi connectivity index (χ3n) is 1.71. The summed E-state index contributed by atoms with van der Waals surface area (Å²) < 4.78 is 0. The first-order valence-corrected chi connectivity index (χ1v) is 4.95. The molecule has 0 atom stereocenters. The normalized spacial score (nSPS) is 10.2. The minimum atomic E-state index is -0.274. The fourth-order valence-corrected chi connectivity index (χ4v) is 0.983. The zero-order valence-corrected chi connectivity index (χ0v) is 8.73. The lowest BCUT2D eigenvalue weighted by Crippen LogP contribution is -2.32. The van der Waals surface area contributed by atoms with Crippen molar-refractivity contribution in [3.63, 3.8) is 0 Å². The number of benzene rings is 1. The smallest absolute Gasteiger partial charge is 0.335 e. The van der Waals surface area contributed by atoms with Gasteiger partial charge in [0.15, 0.2) is 0 Å². The van der Waals surface area contributed by atoms with Crippen molar-refractivity contribution in [3.8, 4) is 0 Å². The molecular weight excluding hydrogens is 190 g/mol. The van der Waals surface area contributed by atoms with Crippen LogP contribution in [0.15, 0.2) is 35.4 Å². The van der Waals surface area contributed by atoms with Crippen LogP contribution in [0.3, 0.4) is 0 Å². The maximum atomic E-state index is 11.1. The van der Waals surface area contributed by atoms with Crippen molar-refractivity contribution in [1.29, 1.82) is 0 Å². The molecule has 0 aromatic heterocycles. The summed E-state index contributed by atoms with van der Waals surface area (Å²) in [5.41, 5.74) is 3.34. The topological polar surface area (TPSA) is 53.5 Å². The van der Waals surface area contributed by atoms with Gasteiger partial charge in [0.05, 0.1) is 6.21 Å². The maximum absolute atomic E-state index is 11.1. The molecule has 2 N–H and O–H groups in total. The number of nitrogens with one attached hydrogen (secondary N) is 2. The lowest BCUT2D eigenvalue weighted by Gasteiger charge is -2.00. The molecule has 0 aliphatic rings. The molecule has 80 valence electrons. The highest BCUT2D eigenvalue weighted by atomic mass is 16.2. The van der Waals surface area contributed by atoms with Gasteiger partial charge in [-0.25, -0.2) is 10.2 Å². The molecule has 0 aliphatic heterocycles. The largest absolute Gasteiger partial charge is 0.337 e. The zero-order chi connectivity index (χ0) is 10.9. The van der Waals surface area contributed by atoms with E-state index >= 15 is 0 Å². The standard InChI is InChI=1S/C11H15N3O/c1-2-8-12-11(15)14-13-9-10-6-4-3-5-7-10/h3-7,9H,2,8H2,1H3,(H2,12,14,15)/b13-9-. The third kappa shape index (κ3) is 4.81. The molecule has 0 fully saturated rings. The van der Waals surface area contributed by atoms with Crippen LogP contribution in [0.2, 0.25) is 0 Å². The Labute approximate surface area is 89.4 Å². The number of hydrogen-bond donors (Lipinski definition) is 2. The lowest BCUT2D eigenvalue weighted by atomic mass is 10.2. The zero-order valence-electron chi connectivity index (χ0n) is 8.73. The number of carbonyl (C=O) groups excluding carboxylic acids is 1. The van der Waals surface area contributed by atoms with Crippen LogP contribution in [0, 0.1) is 0 Å². The first kappa shape index (κ1) is 11.2. The number of hydrazone groups is 1. The second-order valence-electron chi connectivity index (χ2n) is 3.04. The number of rotatable bonds is 4. The minimum Gasteiger partial charge on any atom is -0.337 e. The van der Waals surface area contributed by atoms with E-state index in [4.69, 9.17) is 0 Å². The second kappa shape index (κ2) is 6.59. The van der Waals surface area contributed by atoms with Gasteiger partial charge >= 0.3 is 6.03 Å². The Bertz CT molecular complexity index is 322. The molecule has 0 saturated heterocycles. The fourth-order valence-electron chi connectivity index (χ4n) is 0.983. The molecule has 0 bridgehead atoms. The highest BCUT2D eigenvalue weighted by molar-refractivity contribution is 5.81. The molecule has 0 unspecified atom stereocenters. The molecule has 0 aliphatic carbocycles. The van der Waals surface area contributed by atoms with Gasteiger partial charge in [-0.1, -0.05) is 37.3 Å². The van der Waals surface area contributed by atoms with Gasteiger partial charge in [-0.15, -0.1) is 0 Å². The van der Waals surface area contributed by atoms with Crippen molar-refractivity contribution in [1.82, 2.24) is 10.7 Å². The Balaban J connectivity index is 2.31. The predicted octanol–water partition coefficient (Wildman–Crippen LogP) is 1.73. The van der Waals surface area contributed by atoms with Crippen LogP contribution in [0.5, 0.6) is 0 Å². The number of hydrogen-bond acceptors (Lipinski definition) is 2. The Hall–Kier alpha value is -1.84. The van der Waals surface area contributed by atoms with E-state index in [1.165, 1.54) is 0 Å². The average Bonchev–Trinajstić information content (AvgIpc) is 2.28. The summed E-state index contributed by atoms with van der Waals surface area (Å²) in [5, 5.41) is 6.46. The summed E-state index contributed by atoms with van der Waals surface area (Å²) in [7, 11) is 0. The van der Waals surface area contributed by atoms with Gasteiger partial charge in [-0.3, -0.25) is 0 Å². The molecule has 1 aromatic rings. The van der Waals surface area contributed by atoms with E-state index < -0.39 is 0 Å². The van der Waals surface area contributed by atoms with Crippen LogP contribution < -0.4 is 10.7 Å². The van der Waals surface area contributed by atoms with E-state index in [-0.39, 0.29) is 6.03 Å². The van der Waals surface area contributed by atoms with Gasteiger partial charge < -0.3 is 5.32 Å². The number of amides is 2. The van der Waals surface area contributed by atoms with E-state index in [1.807, 2.05) is 37.3 Å². The van der Waals surface area contributed by atoms with E-state index in [0.717, 1.165) is 12.0 Å². The third-order valence-corrected chi connectivity index (χ3v) is 1.71. The van der Waals surface area contributed by atoms with Crippen LogP contribution in [-0.4, -0.2) is 18.8 Å². The van der Waals surface area contributed by atoms with Crippen LogP contribution >= 0.6 is 0 Å². The molecule has 4 nitrogen and oxygen atoms in total. The molecule has 0 spiro atoms. The van der Waals surface area contributed by atoms with Crippen molar-refractivity contribution < 1.29 is 4.79 Å². The maximum Gasteiger partial charge on any atom is 0.335 e. The second-order valence-corrected chi connectivity index (χ2v) is 3.04. The molecule has 1 rings (SSSR count). The van der Waals surface area contributed by atoms with Gasteiger partial charge in [-0.05, 0) is 12.0 Å². The Kier molecular flexibility index (Phi) is 4.94. The van der Waals surface area contributed by atoms with Crippen molar-refractivity contribution in [2.75, 3.05) is 6.54 Å². The first-order chi connectivity index (χ1) is 7.33. The number of nitrogens with zero attached hydrogens (tertiary/aromatic N) is 1. The SMILES string of the molecule is CCCNC(=O)N/N=C\c1ccccc1. The first-order valence-electron chi connectivity index (χ1n) is 4.95. The van der Waals surface area contributed by atoms with Crippen molar-refractivity contribution in [3.05, 3.63) is 35.9 Å². The summed E-state index contributed by atoms with van der Waals surface area (Å²) in [4.78, 5) is 11.1. The van der Waals surface area contributed by atoms with E-state index in [1.54, 1.807) is 6.21 Å². The molecular formula is C11H15N3O. The average molecular weight is 205 g/mol. The molecule has 0 radical (unpaired) electrons. The quantitative estimate of drug-likeness (QED) is 0.571. The van der Waals surface area contributed by atoms with Gasteiger partial charge in [0.1, 0.15) is 0 Å². The molecule has 4 heteroatoms. The predicted molar refractivity (Wildman–Crippen MR) is 60.9 cm³/mol. The Morgan fingerprint density at radius 1 is 1.40 bits per heavy atom. The molecule has 15 heavy (non-hydrogen) atoms. The molecule has 2 amide bonds. The van der Waals surface area contributed by atoms with Crippen molar-refractivity contribution >= 4 is 12.2 Å². The van der Waals surface area contributed by atoms with Gasteiger partial charge in [-0.2, -0.15) is 5.10 Å². The molecule has 1 aromatic carbocycles. The van der Waals surface area contributed by atoms with E-state index in [9.17, 15) is 4.79 Å². The number of urea groups is 1. The van der Waals surface area contributed by atoms with Crippen LogP contribution in [0.25, 0.3) is 0 Å². The van der Waals surface area contributed by atoms with E-state index in [2.05, 4.69) is 15.8 Å². The van der Waals surface area contributed by atoms with Crippen LogP contribution in [0.1, 0.15) is 18.9 Å². The Morgan fingerprint density at radius 2 is 2.13 bits per heavy atom. The van der Waals surface area contributed by atoms with Crippen LogP contribution in [-0.2, 0) is 0 Å². The van der Waals surface area contributed by atoms with Crippen LogP contribution in [0.4, 0.5) is 4.79 Å². The monoisotopic (exact) mass is 205 g/mol. The van der Waals surface area contributed by atoms with Gasteiger partial charge in [0, 0.05) is 6.54 Å². The minimum absolute atomic E-state index is 0.274. The van der Waals surface area contributed by atoms with Crippen molar-refractivity contribution in [2.24, 2.45) is 5.10 Å². The summed E-state index contributed by atoms with van der Waals surface area (Å²) in [6, 6.07) is 9.31. The van der Waals surface area contributed by atoms with Crippen molar-refractivity contribution in [2.45, 2.75) is 13.3 Å². The van der Waals surface area contributed by atoms with E-state index in [0.29, 0.717) is 6.54 Å². The summed E-state index contributed by atoms with van der Waals surface area (Å²) >= 11 is 0. The molecule has 0 heterocycles. The number of carbonyl (C=O) groups is 1. The summed E-state index contributed by atoms with van der Waals surface area (Å²) in [6.45, 7) is 2.65. The fraction of sp³-hybridized carbons (Fsp3) is 0.273. The Morgan fingerprint density at radius 3 is 2.80 bits per heavy atom. The summed E-state index contributed by atoms with van der Waals surface area (Å²) in [5.74, 6) is 0.